The minimum absolute atomic E-state index is 0.0909. The van der Waals surface area contributed by atoms with E-state index < -0.39 is 0 Å². The first kappa shape index (κ1) is 13.9. The third-order valence-electron chi connectivity index (χ3n) is 3.74. The van der Waals surface area contributed by atoms with E-state index in [4.69, 9.17) is 5.73 Å². The van der Waals surface area contributed by atoms with Gasteiger partial charge in [-0.2, -0.15) is 0 Å². The average Bonchev–Trinajstić information content (AvgIpc) is 2.27. The van der Waals surface area contributed by atoms with E-state index in [0.29, 0.717) is 5.41 Å². The van der Waals surface area contributed by atoms with Gasteiger partial charge in [0.25, 0.3) is 0 Å². The minimum atomic E-state index is 0.0909. The number of anilines is 1. The van der Waals surface area contributed by atoms with E-state index in [9.17, 15) is 0 Å². The second kappa shape index (κ2) is 5.22. The molecule has 1 atom stereocenters. The summed E-state index contributed by atoms with van der Waals surface area (Å²) in [4.78, 5) is 2.48. The summed E-state index contributed by atoms with van der Waals surface area (Å²) in [5.41, 5.74) is 8.81. The summed E-state index contributed by atoms with van der Waals surface area (Å²) in [5.74, 6) is 0. The van der Waals surface area contributed by atoms with E-state index in [0.717, 1.165) is 17.6 Å². The van der Waals surface area contributed by atoms with Crippen molar-refractivity contribution in [2.24, 2.45) is 11.1 Å². The maximum Gasteiger partial charge on any atom is 0.0511 e. The van der Waals surface area contributed by atoms with Gasteiger partial charge >= 0.3 is 0 Å². The van der Waals surface area contributed by atoms with Gasteiger partial charge in [0.2, 0.25) is 0 Å². The number of piperidine rings is 1. The Hall–Kier alpha value is -0.540. The van der Waals surface area contributed by atoms with Crippen molar-refractivity contribution in [3.63, 3.8) is 0 Å². The maximum absolute atomic E-state index is 5.92. The zero-order chi connectivity index (χ0) is 13.3. The van der Waals surface area contributed by atoms with Gasteiger partial charge in [0.1, 0.15) is 0 Å². The van der Waals surface area contributed by atoms with Crippen LogP contribution in [0, 0.1) is 5.41 Å². The standard InChI is InChI=1S/C15H23BrN2/c1-11(17)12-5-6-14(13(16)9-12)18-8-4-7-15(2,3)10-18/h5-6,9,11H,4,7-8,10,17H2,1-3H3/t11-/m0/s1. The Morgan fingerprint density at radius 3 is 2.67 bits per heavy atom. The van der Waals surface area contributed by atoms with Crippen LogP contribution in [0.2, 0.25) is 0 Å². The number of nitrogens with zero attached hydrogens (tertiary/aromatic N) is 1. The monoisotopic (exact) mass is 310 g/mol. The molecule has 1 saturated heterocycles. The third-order valence-corrected chi connectivity index (χ3v) is 4.37. The van der Waals surface area contributed by atoms with Crippen LogP contribution < -0.4 is 10.6 Å². The summed E-state index contributed by atoms with van der Waals surface area (Å²) in [6.45, 7) is 9.00. The number of hydrogen-bond donors (Lipinski definition) is 1. The molecule has 0 saturated carbocycles. The molecule has 18 heavy (non-hydrogen) atoms. The van der Waals surface area contributed by atoms with Crippen molar-refractivity contribution in [1.29, 1.82) is 0 Å². The summed E-state index contributed by atoms with van der Waals surface area (Å²) in [7, 11) is 0. The molecule has 2 N–H and O–H groups in total. The molecule has 100 valence electrons. The molecule has 3 heteroatoms. The van der Waals surface area contributed by atoms with E-state index >= 15 is 0 Å². The number of nitrogens with two attached hydrogens (primary N) is 1. The van der Waals surface area contributed by atoms with Crippen LogP contribution in [0.25, 0.3) is 0 Å². The third kappa shape index (κ3) is 3.07. The van der Waals surface area contributed by atoms with Gasteiger partial charge in [0.05, 0.1) is 5.69 Å². The predicted octanol–water partition coefficient (Wildman–Crippen LogP) is 4.10. The second-order valence-electron chi connectivity index (χ2n) is 6.19. The minimum Gasteiger partial charge on any atom is -0.370 e. The Balaban J connectivity index is 2.23. The van der Waals surface area contributed by atoms with Gasteiger partial charge < -0.3 is 10.6 Å². The summed E-state index contributed by atoms with van der Waals surface area (Å²) >= 11 is 3.69. The van der Waals surface area contributed by atoms with Gasteiger partial charge in [-0.15, -0.1) is 0 Å². The quantitative estimate of drug-likeness (QED) is 0.891. The lowest BCUT2D eigenvalue weighted by Gasteiger charge is -2.40. The molecule has 0 amide bonds. The zero-order valence-corrected chi connectivity index (χ0v) is 13.1. The fourth-order valence-corrected chi connectivity index (χ4v) is 3.34. The Morgan fingerprint density at radius 2 is 2.11 bits per heavy atom. The lowest BCUT2D eigenvalue weighted by Crippen LogP contribution is -2.40. The van der Waals surface area contributed by atoms with Crippen molar-refractivity contribution >= 4 is 21.6 Å². The first-order chi connectivity index (χ1) is 8.39. The zero-order valence-electron chi connectivity index (χ0n) is 11.5. The van der Waals surface area contributed by atoms with E-state index in [-0.39, 0.29) is 6.04 Å². The first-order valence-electron chi connectivity index (χ1n) is 6.69. The van der Waals surface area contributed by atoms with Crippen molar-refractivity contribution in [2.45, 2.75) is 39.7 Å². The second-order valence-corrected chi connectivity index (χ2v) is 7.04. The molecule has 1 heterocycles. The highest BCUT2D eigenvalue weighted by Crippen LogP contribution is 2.35. The molecule has 0 aromatic heterocycles. The van der Waals surface area contributed by atoms with Gasteiger partial charge in [-0.05, 0) is 58.8 Å². The number of benzene rings is 1. The lowest BCUT2D eigenvalue weighted by molar-refractivity contribution is 0.293. The van der Waals surface area contributed by atoms with Crippen LogP contribution in [0.4, 0.5) is 5.69 Å². The van der Waals surface area contributed by atoms with E-state index in [1.165, 1.54) is 24.1 Å². The molecular formula is C15H23BrN2. The predicted molar refractivity (Wildman–Crippen MR) is 82.0 cm³/mol. The molecule has 0 bridgehead atoms. The van der Waals surface area contributed by atoms with Crippen LogP contribution in [0.5, 0.6) is 0 Å². The molecular weight excluding hydrogens is 288 g/mol. The highest BCUT2D eigenvalue weighted by atomic mass is 79.9. The van der Waals surface area contributed by atoms with Crippen LogP contribution in [0.3, 0.4) is 0 Å². The van der Waals surface area contributed by atoms with Gasteiger partial charge in [0, 0.05) is 23.6 Å². The molecule has 0 radical (unpaired) electrons. The molecule has 0 aliphatic carbocycles. The topological polar surface area (TPSA) is 29.3 Å². The van der Waals surface area contributed by atoms with Crippen LogP contribution in [-0.4, -0.2) is 13.1 Å². The molecule has 1 aromatic rings. The SMILES string of the molecule is C[C@H](N)c1ccc(N2CCCC(C)(C)C2)c(Br)c1. The van der Waals surface area contributed by atoms with Gasteiger partial charge in [-0.25, -0.2) is 0 Å². The summed E-state index contributed by atoms with van der Waals surface area (Å²) in [6, 6.07) is 6.59. The van der Waals surface area contributed by atoms with Gasteiger partial charge in [0.15, 0.2) is 0 Å². The number of halogens is 1. The number of rotatable bonds is 2. The number of hydrogen-bond acceptors (Lipinski definition) is 2. The molecule has 2 nitrogen and oxygen atoms in total. The van der Waals surface area contributed by atoms with E-state index in [1.54, 1.807) is 0 Å². The van der Waals surface area contributed by atoms with Gasteiger partial charge in [-0.3, -0.25) is 0 Å². The molecule has 2 rings (SSSR count). The van der Waals surface area contributed by atoms with Gasteiger partial charge in [-0.1, -0.05) is 19.9 Å². The summed E-state index contributed by atoms with van der Waals surface area (Å²) in [6.07, 6.45) is 2.59. The van der Waals surface area contributed by atoms with Crippen LogP contribution >= 0.6 is 15.9 Å². The normalized spacial score (nSPS) is 20.8. The fraction of sp³-hybridized carbons (Fsp3) is 0.600. The highest BCUT2D eigenvalue weighted by molar-refractivity contribution is 9.10. The fourth-order valence-electron chi connectivity index (χ4n) is 2.69. The largest absolute Gasteiger partial charge is 0.370 e. The van der Waals surface area contributed by atoms with Crippen molar-refractivity contribution in [2.75, 3.05) is 18.0 Å². The molecule has 1 fully saturated rings. The Kier molecular flexibility index (Phi) is 4.02. The Labute approximate surface area is 119 Å². The Morgan fingerprint density at radius 1 is 1.39 bits per heavy atom. The maximum atomic E-state index is 5.92. The summed E-state index contributed by atoms with van der Waals surface area (Å²) in [5, 5.41) is 0. The van der Waals surface area contributed by atoms with Crippen molar-refractivity contribution in [3.05, 3.63) is 28.2 Å². The lowest BCUT2D eigenvalue weighted by atomic mass is 9.84. The molecule has 1 aromatic carbocycles. The summed E-state index contributed by atoms with van der Waals surface area (Å²) < 4.78 is 1.16. The van der Waals surface area contributed by atoms with Crippen LogP contribution in [0.15, 0.2) is 22.7 Å². The molecule has 0 spiro atoms. The van der Waals surface area contributed by atoms with Crippen LogP contribution in [-0.2, 0) is 0 Å². The van der Waals surface area contributed by atoms with E-state index in [1.807, 2.05) is 6.92 Å². The highest BCUT2D eigenvalue weighted by Gasteiger charge is 2.27. The molecule has 1 aliphatic heterocycles. The van der Waals surface area contributed by atoms with Crippen LogP contribution in [0.1, 0.15) is 45.2 Å². The van der Waals surface area contributed by atoms with E-state index in [2.05, 4.69) is 52.9 Å². The smallest absolute Gasteiger partial charge is 0.0511 e. The average molecular weight is 311 g/mol. The molecule has 1 aliphatic rings. The van der Waals surface area contributed by atoms with Crippen molar-refractivity contribution < 1.29 is 0 Å². The van der Waals surface area contributed by atoms with Crippen molar-refractivity contribution in [1.82, 2.24) is 0 Å². The first-order valence-corrected chi connectivity index (χ1v) is 7.48. The van der Waals surface area contributed by atoms with Crippen molar-refractivity contribution in [3.8, 4) is 0 Å². The Bertz CT molecular complexity index is 427. The molecule has 0 unspecified atom stereocenters.